The molecule has 0 spiro atoms. The molecule has 0 atom stereocenters. The van der Waals surface area contributed by atoms with E-state index >= 15 is 0 Å². The number of amides is 1. The number of nitro groups is 1. The van der Waals surface area contributed by atoms with E-state index in [0.29, 0.717) is 17.7 Å². The fourth-order valence-corrected chi connectivity index (χ4v) is 2.06. The number of hydrogen-bond donors (Lipinski definition) is 0. The number of aryl methyl sites for hydroxylation is 2. The van der Waals surface area contributed by atoms with Crippen LogP contribution in [0.3, 0.4) is 0 Å². The standard InChI is InChI=1S/C14H16N4O3/c1-10-4-5-12(6-13(10)18(20)21)14(19)16(2)8-11-7-15-17(3)9-11/h4-7,9H,8H2,1-3H3. The van der Waals surface area contributed by atoms with Gasteiger partial charge in [-0.3, -0.25) is 19.6 Å². The monoisotopic (exact) mass is 288 g/mol. The van der Waals surface area contributed by atoms with Crippen LogP contribution in [0.1, 0.15) is 21.5 Å². The Kier molecular flexibility index (Phi) is 4.02. The molecule has 2 rings (SSSR count). The van der Waals surface area contributed by atoms with E-state index in [4.69, 9.17) is 0 Å². The molecule has 1 heterocycles. The van der Waals surface area contributed by atoms with Gasteiger partial charge in [-0.05, 0) is 13.0 Å². The van der Waals surface area contributed by atoms with Crippen LogP contribution in [0.15, 0.2) is 30.6 Å². The van der Waals surface area contributed by atoms with Gasteiger partial charge in [0.05, 0.1) is 11.1 Å². The number of nitro benzene ring substituents is 1. The lowest BCUT2D eigenvalue weighted by Crippen LogP contribution is -2.26. The molecule has 7 heteroatoms. The van der Waals surface area contributed by atoms with Gasteiger partial charge < -0.3 is 4.90 Å². The summed E-state index contributed by atoms with van der Waals surface area (Å²) in [5, 5.41) is 15.0. The highest BCUT2D eigenvalue weighted by molar-refractivity contribution is 5.94. The molecule has 1 aromatic heterocycles. The maximum atomic E-state index is 12.3. The quantitative estimate of drug-likeness (QED) is 0.635. The molecule has 0 aliphatic heterocycles. The highest BCUT2D eigenvalue weighted by Crippen LogP contribution is 2.20. The van der Waals surface area contributed by atoms with E-state index < -0.39 is 4.92 Å². The van der Waals surface area contributed by atoms with Crippen molar-refractivity contribution in [3.8, 4) is 0 Å². The molecule has 7 nitrogen and oxygen atoms in total. The van der Waals surface area contributed by atoms with E-state index in [1.165, 1.54) is 11.0 Å². The van der Waals surface area contributed by atoms with Crippen LogP contribution < -0.4 is 0 Å². The number of benzene rings is 1. The Labute approximate surface area is 121 Å². The summed E-state index contributed by atoms with van der Waals surface area (Å²) in [6, 6.07) is 4.51. The van der Waals surface area contributed by atoms with Crippen LogP contribution in [0.5, 0.6) is 0 Å². The van der Waals surface area contributed by atoms with Gasteiger partial charge in [0, 0.05) is 49.6 Å². The van der Waals surface area contributed by atoms with E-state index in [1.807, 2.05) is 6.20 Å². The fourth-order valence-electron chi connectivity index (χ4n) is 2.06. The second-order valence-electron chi connectivity index (χ2n) is 4.94. The van der Waals surface area contributed by atoms with Gasteiger partial charge in [0.15, 0.2) is 0 Å². The average Bonchev–Trinajstić information content (AvgIpc) is 2.83. The first-order valence-corrected chi connectivity index (χ1v) is 6.36. The van der Waals surface area contributed by atoms with E-state index in [1.54, 1.807) is 44.0 Å². The predicted molar refractivity (Wildman–Crippen MR) is 76.8 cm³/mol. The lowest BCUT2D eigenvalue weighted by Gasteiger charge is -2.16. The average molecular weight is 288 g/mol. The lowest BCUT2D eigenvalue weighted by atomic mass is 10.1. The molecule has 0 radical (unpaired) electrons. The van der Waals surface area contributed by atoms with Gasteiger partial charge in [-0.25, -0.2) is 0 Å². The highest BCUT2D eigenvalue weighted by atomic mass is 16.6. The second kappa shape index (κ2) is 5.74. The molecule has 0 N–H and O–H groups in total. The molecule has 110 valence electrons. The Morgan fingerprint density at radius 3 is 2.76 bits per heavy atom. The van der Waals surface area contributed by atoms with Crippen molar-refractivity contribution < 1.29 is 9.72 Å². The van der Waals surface area contributed by atoms with Crippen molar-refractivity contribution in [2.24, 2.45) is 7.05 Å². The molecule has 0 aliphatic carbocycles. The topological polar surface area (TPSA) is 81.3 Å². The largest absolute Gasteiger partial charge is 0.337 e. The fraction of sp³-hybridized carbons (Fsp3) is 0.286. The Morgan fingerprint density at radius 1 is 1.48 bits per heavy atom. The zero-order valence-corrected chi connectivity index (χ0v) is 12.1. The van der Waals surface area contributed by atoms with Gasteiger partial charge in [0.25, 0.3) is 11.6 Å². The molecule has 0 saturated heterocycles. The van der Waals surface area contributed by atoms with Gasteiger partial charge in [-0.2, -0.15) is 5.10 Å². The maximum absolute atomic E-state index is 12.3. The van der Waals surface area contributed by atoms with Crippen molar-refractivity contribution in [1.29, 1.82) is 0 Å². The summed E-state index contributed by atoms with van der Waals surface area (Å²) in [5.41, 5.74) is 1.69. The third kappa shape index (κ3) is 3.25. The van der Waals surface area contributed by atoms with Crippen molar-refractivity contribution in [3.05, 3.63) is 57.4 Å². The molecule has 0 unspecified atom stereocenters. The van der Waals surface area contributed by atoms with Crippen molar-refractivity contribution in [2.75, 3.05) is 7.05 Å². The number of carbonyl (C=O) groups excluding carboxylic acids is 1. The van der Waals surface area contributed by atoms with Crippen LogP contribution in [-0.2, 0) is 13.6 Å². The first-order chi connectivity index (χ1) is 9.88. The maximum Gasteiger partial charge on any atom is 0.273 e. The van der Waals surface area contributed by atoms with Gasteiger partial charge in [0.2, 0.25) is 0 Å². The number of nitrogens with zero attached hydrogens (tertiary/aromatic N) is 4. The van der Waals surface area contributed by atoms with Crippen LogP contribution in [0, 0.1) is 17.0 Å². The predicted octanol–water partition coefficient (Wildman–Crippen LogP) is 1.91. The summed E-state index contributed by atoms with van der Waals surface area (Å²) in [7, 11) is 3.45. The first-order valence-electron chi connectivity index (χ1n) is 6.36. The normalized spacial score (nSPS) is 10.4. The van der Waals surface area contributed by atoms with Crippen molar-refractivity contribution >= 4 is 11.6 Å². The summed E-state index contributed by atoms with van der Waals surface area (Å²) < 4.78 is 1.66. The lowest BCUT2D eigenvalue weighted by molar-refractivity contribution is -0.385. The minimum absolute atomic E-state index is 0.0457. The SMILES string of the molecule is Cc1ccc(C(=O)N(C)Cc2cnn(C)c2)cc1[N+](=O)[O-]. The van der Waals surface area contributed by atoms with E-state index in [-0.39, 0.29) is 11.6 Å². The Hall–Kier alpha value is -2.70. The van der Waals surface area contributed by atoms with Crippen LogP contribution in [0.25, 0.3) is 0 Å². The molecule has 1 amide bonds. The van der Waals surface area contributed by atoms with Crippen LogP contribution in [0.4, 0.5) is 5.69 Å². The minimum Gasteiger partial charge on any atom is -0.337 e. The summed E-state index contributed by atoms with van der Waals surface area (Å²) in [5.74, 6) is -0.262. The van der Waals surface area contributed by atoms with Crippen molar-refractivity contribution in [1.82, 2.24) is 14.7 Å². The van der Waals surface area contributed by atoms with E-state index in [0.717, 1.165) is 5.56 Å². The molecular formula is C14H16N4O3. The van der Waals surface area contributed by atoms with E-state index in [2.05, 4.69) is 5.10 Å². The van der Waals surface area contributed by atoms with Crippen LogP contribution in [0.2, 0.25) is 0 Å². The molecule has 21 heavy (non-hydrogen) atoms. The Bertz CT molecular complexity index is 693. The van der Waals surface area contributed by atoms with E-state index in [9.17, 15) is 14.9 Å². The summed E-state index contributed by atoms with van der Waals surface area (Å²) in [4.78, 5) is 24.3. The number of rotatable bonds is 4. The van der Waals surface area contributed by atoms with Gasteiger partial charge in [0.1, 0.15) is 0 Å². The van der Waals surface area contributed by atoms with Crippen molar-refractivity contribution in [3.63, 3.8) is 0 Å². The zero-order valence-electron chi connectivity index (χ0n) is 12.1. The molecule has 0 aliphatic rings. The molecule has 2 aromatic rings. The molecule has 1 aromatic carbocycles. The summed E-state index contributed by atoms with van der Waals surface area (Å²) in [6.45, 7) is 2.04. The molecular weight excluding hydrogens is 272 g/mol. The second-order valence-corrected chi connectivity index (χ2v) is 4.94. The zero-order chi connectivity index (χ0) is 15.6. The van der Waals surface area contributed by atoms with Gasteiger partial charge in [-0.1, -0.05) is 6.07 Å². The first kappa shape index (κ1) is 14.7. The molecule has 0 fully saturated rings. The molecule has 0 bridgehead atoms. The van der Waals surface area contributed by atoms with Crippen molar-refractivity contribution in [2.45, 2.75) is 13.5 Å². The third-order valence-corrected chi connectivity index (χ3v) is 3.18. The van der Waals surface area contributed by atoms with Crippen LogP contribution in [-0.4, -0.2) is 32.6 Å². The third-order valence-electron chi connectivity index (χ3n) is 3.18. The number of hydrogen-bond acceptors (Lipinski definition) is 4. The smallest absolute Gasteiger partial charge is 0.273 e. The molecule has 0 saturated carbocycles. The van der Waals surface area contributed by atoms with Crippen LogP contribution >= 0.6 is 0 Å². The number of carbonyl (C=O) groups is 1. The minimum atomic E-state index is -0.479. The summed E-state index contributed by atoms with van der Waals surface area (Å²) >= 11 is 0. The highest BCUT2D eigenvalue weighted by Gasteiger charge is 2.18. The Balaban J connectivity index is 2.19. The number of aromatic nitrogens is 2. The van der Waals surface area contributed by atoms with Gasteiger partial charge >= 0.3 is 0 Å². The van der Waals surface area contributed by atoms with Gasteiger partial charge in [-0.15, -0.1) is 0 Å². The Morgan fingerprint density at radius 2 is 2.19 bits per heavy atom. The summed E-state index contributed by atoms with van der Waals surface area (Å²) in [6.07, 6.45) is 3.50.